The van der Waals surface area contributed by atoms with Gasteiger partial charge in [0.15, 0.2) is 0 Å². The smallest absolute Gasteiger partial charge is 0.0503 e. The second-order valence-electron chi connectivity index (χ2n) is 21.2. The van der Waals surface area contributed by atoms with Gasteiger partial charge in [-0.1, -0.05) is 209 Å². The third kappa shape index (κ3) is 9.80. The Hall–Kier alpha value is -6.90. The van der Waals surface area contributed by atoms with Gasteiger partial charge in [-0.2, -0.15) is 0 Å². The summed E-state index contributed by atoms with van der Waals surface area (Å²) >= 11 is 0. The monoisotopic (exact) mass is 919 g/mol. The van der Waals surface area contributed by atoms with Gasteiger partial charge in [-0.15, -0.1) is 0 Å². The maximum absolute atomic E-state index is 4.22. The number of nitrogens with one attached hydrogen (secondary N) is 1. The third-order valence-corrected chi connectivity index (χ3v) is 14.5. The van der Waals surface area contributed by atoms with Crippen molar-refractivity contribution in [2.45, 2.75) is 107 Å². The van der Waals surface area contributed by atoms with Gasteiger partial charge in [0.2, 0.25) is 0 Å². The van der Waals surface area contributed by atoms with E-state index >= 15 is 0 Å². The molecular weight excluding hydrogens is 845 g/mol. The minimum absolute atomic E-state index is 0.0759. The van der Waals surface area contributed by atoms with E-state index in [1.54, 1.807) is 0 Å². The molecule has 70 heavy (non-hydrogen) atoms. The molecule has 0 heterocycles. The van der Waals surface area contributed by atoms with Crippen LogP contribution in [0.4, 0.5) is 17.1 Å². The van der Waals surface area contributed by atoms with Crippen LogP contribution in [-0.4, -0.2) is 0 Å². The number of allylic oxidation sites excluding steroid dienone is 17. The van der Waals surface area contributed by atoms with Crippen LogP contribution >= 0.6 is 0 Å². The molecular formula is C68H74N2. The molecule has 5 aliphatic carbocycles. The number of nitrogens with zero attached hydrogens (tertiary/aromatic N) is 1. The quantitative estimate of drug-likeness (QED) is 0.179. The number of para-hydroxylation sites is 2. The van der Waals surface area contributed by atoms with Crippen molar-refractivity contribution in [3.8, 4) is 11.1 Å². The van der Waals surface area contributed by atoms with Crippen molar-refractivity contribution in [2.75, 3.05) is 10.2 Å². The van der Waals surface area contributed by atoms with Gasteiger partial charge in [0.05, 0.1) is 5.69 Å². The van der Waals surface area contributed by atoms with Gasteiger partial charge in [0, 0.05) is 35.1 Å². The van der Waals surface area contributed by atoms with Crippen molar-refractivity contribution in [2.24, 2.45) is 11.8 Å². The SMILES string of the molecule is C=C1Cc2c(cccc2C(C)(C)C)/C1=C/C=C\C.CC.Cc1ccccc1NC1=CC=C2C=CC=C(N(c3ccccc3C)c3cccc4c3Cc3c-4cccc3C(C)(C)C)C=CC3=CC=C1C2C3C. The topological polar surface area (TPSA) is 15.3 Å². The van der Waals surface area contributed by atoms with Crippen LogP contribution in [0, 0.1) is 25.7 Å². The van der Waals surface area contributed by atoms with Crippen LogP contribution in [0.2, 0.25) is 0 Å². The zero-order chi connectivity index (χ0) is 49.9. The molecule has 0 saturated carbocycles. The van der Waals surface area contributed by atoms with Gasteiger partial charge in [-0.05, 0) is 164 Å². The van der Waals surface area contributed by atoms with Gasteiger partial charge in [0.1, 0.15) is 0 Å². The van der Waals surface area contributed by atoms with Gasteiger partial charge in [-0.25, -0.2) is 0 Å². The second kappa shape index (κ2) is 20.6. The van der Waals surface area contributed by atoms with Crippen LogP contribution in [0.15, 0.2) is 216 Å². The Balaban J connectivity index is 0.000000276. The first-order valence-electron chi connectivity index (χ1n) is 25.6. The van der Waals surface area contributed by atoms with E-state index in [0.717, 1.165) is 24.2 Å². The van der Waals surface area contributed by atoms with E-state index < -0.39 is 0 Å². The number of fused-ring (bicyclic) bond motifs is 5. The maximum Gasteiger partial charge on any atom is 0.0503 e. The molecule has 10 rings (SSSR count). The lowest BCUT2D eigenvalue weighted by atomic mass is 9.71. The fourth-order valence-corrected chi connectivity index (χ4v) is 11.0. The van der Waals surface area contributed by atoms with Gasteiger partial charge in [-0.3, -0.25) is 0 Å². The summed E-state index contributed by atoms with van der Waals surface area (Å²) in [5, 5.41) is 3.75. The zero-order valence-electron chi connectivity index (χ0n) is 44.0. The van der Waals surface area contributed by atoms with Crippen LogP contribution in [-0.2, 0) is 23.7 Å². The van der Waals surface area contributed by atoms with Crippen molar-refractivity contribution >= 4 is 22.6 Å². The molecule has 0 aromatic heterocycles. The molecule has 2 bridgehead atoms. The number of anilines is 3. The summed E-state index contributed by atoms with van der Waals surface area (Å²) in [6.45, 7) is 30.9. The Kier molecular flexibility index (Phi) is 14.6. The molecule has 5 aromatic carbocycles. The highest BCUT2D eigenvalue weighted by Crippen LogP contribution is 2.49. The van der Waals surface area contributed by atoms with Crippen LogP contribution in [0.5, 0.6) is 0 Å². The first-order chi connectivity index (χ1) is 33.6. The summed E-state index contributed by atoms with van der Waals surface area (Å²) in [6.07, 6.45) is 29.1. The zero-order valence-corrected chi connectivity index (χ0v) is 44.0. The number of aryl methyl sites for hydroxylation is 2. The Morgan fingerprint density at radius 1 is 0.600 bits per heavy atom. The molecule has 2 nitrogen and oxygen atoms in total. The van der Waals surface area contributed by atoms with Crippen molar-refractivity contribution in [3.63, 3.8) is 0 Å². The van der Waals surface area contributed by atoms with E-state index in [-0.39, 0.29) is 16.7 Å². The van der Waals surface area contributed by atoms with Crippen LogP contribution in [0.1, 0.15) is 114 Å². The van der Waals surface area contributed by atoms with Crippen LogP contribution in [0.25, 0.3) is 16.7 Å². The Labute approximate surface area is 421 Å². The van der Waals surface area contributed by atoms with Crippen molar-refractivity contribution < 1.29 is 0 Å². The largest absolute Gasteiger partial charge is 0.355 e. The average molecular weight is 919 g/mol. The second-order valence-corrected chi connectivity index (χ2v) is 21.2. The lowest BCUT2D eigenvalue weighted by Crippen LogP contribution is -2.26. The van der Waals surface area contributed by atoms with E-state index in [0.29, 0.717) is 5.92 Å². The Morgan fingerprint density at radius 3 is 1.87 bits per heavy atom. The molecule has 5 aliphatic rings. The molecule has 0 radical (unpaired) electrons. The Bertz CT molecular complexity index is 3110. The van der Waals surface area contributed by atoms with Crippen molar-refractivity contribution in [1.29, 1.82) is 0 Å². The standard InChI is InChI=1S/C48H46N2.C18H22.C2H6/c1-31-14-7-9-21-43(31)49-44-29-26-35-16-11-17-36(27-24-34-25-28-39(44)47(35)33(34)3)50(45-22-10-8-15-32(45)2)46-23-13-19-38-37-18-12-20-42(48(4,5)6)40(37)30-41(38)46;1-6-7-9-14-13(2)12-16-15(14)10-8-11-17(16)18(3,4)5;1-2/h7-29,33,47,49H,30H2,1-6H3;6-11H,2,12H2,1,3-5H3;1-2H3/b;7-6-,14-9+;. The van der Waals surface area contributed by atoms with Crippen molar-refractivity contribution in [3.05, 3.63) is 261 Å². The summed E-state index contributed by atoms with van der Waals surface area (Å²) in [5.74, 6) is 0.602. The number of benzene rings is 5. The van der Waals surface area contributed by atoms with Crippen LogP contribution < -0.4 is 10.2 Å². The Morgan fingerprint density at radius 2 is 1.20 bits per heavy atom. The van der Waals surface area contributed by atoms with Crippen LogP contribution in [0.3, 0.4) is 0 Å². The van der Waals surface area contributed by atoms with E-state index in [1.165, 1.54) is 101 Å². The molecule has 2 atom stereocenters. The highest BCUT2D eigenvalue weighted by molar-refractivity contribution is 5.88. The predicted octanol–water partition coefficient (Wildman–Crippen LogP) is 18.5. The van der Waals surface area contributed by atoms with Gasteiger partial charge < -0.3 is 10.2 Å². The number of hydrogen-bond acceptors (Lipinski definition) is 2. The van der Waals surface area contributed by atoms with E-state index in [2.05, 4.69) is 255 Å². The first-order valence-corrected chi connectivity index (χ1v) is 25.6. The lowest BCUT2D eigenvalue weighted by Gasteiger charge is -2.36. The summed E-state index contributed by atoms with van der Waals surface area (Å²) < 4.78 is 0. The first kappa shape index (κ1) is 49.5. The van der Waals surface area contributed by atoms with Crippen molar-refractivity contribution in [1.82, 2.24) is 0 Å². The molecule has 2 unspecified atom stereocenters. The molecule has 5 aromatic rings. The fourth-order valence-electron chi connectivity index (χ4n) is 11.0. The van der Waals surface area contributed by atoms with Gasteiger partial charge >= 0.3 is 0 Å². The minimum Gasteiger partial charge on any atom is -0.355 e. The normalized spacial score (nSPS) is 18.2. The lowest BCUT2D eigenvalue weighted by molar-refractivity contribution is 0.538. The highest BCUT2D eigenvalue weighted by Gasteiger charge is 2.34. The molecule has 2 heteroatoms. The fraction of sp³-hybridized carbons (Fsp3) is 0.265. The molecule has 1 N–H and O–H groups in total. The molecule has 0 amide bonds. The molecule has 0 fully saturated rings. The number of rotatable bonds is 6. The minimum atomic E-state index is 0.0759. The summed E-state index contributed by atoms with van der Waals surface area (Å²) in [4.78, 5) is 2.49. The summed E-state index contributed by atoms with van der Waals surface area (Å²) in [5.41, 5.74) is 26.5. The average Bonchev–Trinajstić information content (AvgIpc) is 3.89. The van der Waals surface area contributed by atoms with E-state index in [1.807, 2.05) is 20.8 Å². The third-order valence-electron chi connectivity index (χ3n) is 14.5. The van der Waals surface area contributed by atoms with E-state index in [4.69, 9.17) is 0 Å². The summed E-state index contributed by atoms with van der Waals surface area (Å²) in [7, 11) is 0. The predicted molar refractivity (Wildman–Crippen MR) is 305 cm³/mol. The van der Waals surface area contributed by atoms with Gasteiger partial charge in [0.25, 0.3) is 0 Å². The summed E-state index contributed by atoms with van der Waals surface area (Å²) in [6, 6.07) is 37.7. The molecule has 0 aliphatic heterocycles. The molecule has 0 spiro atoms. The number of hydrogen-bond donors (Lipinski definition) is 1. The maximum atomic E-state index is 4.22. The molecule has 0 saturated heterocycles. The van der Waals surface area contributed by atoms with E-state index in [9.17, 15) is 0 Å². The molecule has 356 valence electrons. The highest BCUT2D eigenvalue weighted by atomic mass is 15.2.